The molecule has 0 atom stereocenters. The summed E-state index contributed by atoms with van der Waals surface area (Å²) in [5.41, 5.74) is 1.26. The molecule has 3 heterocycles. The second-order valence-corrected chi connectivity index (χ2v) is 6.79. The minimum Gasteiger partial charge on any atom is -0.508 e. The number of rotatable bonds is 2. The average Bonchev–Trinajstić information content (AvgIpc) is 2.66. The molecule has 0 aliphatic carbocycles. The second-order valence-electron chi connectivity index (χ2n) is 6.79. The summed E-state index contributed by atoms with van der Waals surface area (Å²) in [6.07, 6.45) is 2.95. The van der Waals surface area contributed by atoms with E-state index in [0.29, 0.717) is 12.2 Å². The van der Waals surface area contributed by atoms with Crippen LogP contribution in [-0.4, -0.2) is 47.8 Å². The fourth-order valence-electron chi connectivity index (χ4n) is 3.62. The van der Waals surface area contributed by atoms with Gasteiger partial charge in [-0.1, -0.05) is 0 Å². The van der Waals surface area contributed by atoms with Crippen LogP contribution in [0, 0.1) is 5.95 Å². The van der Waals surface area contributed by atoms with Crippen molar-refractivity contribution in [2.75, 3.05) is 36.0 Å². The van der Waals surface area contributed by atoms with Gasteiger partial charge in [-0.3, -0.25) is 4.79 Å². The molecule has 136 valence electrons. The summed E-state index contributed by atoms with van der Waals surface area (Å²) < 4.78 is 19.0. The minimum atomic E-state index is -0.564. The molecule has 2 aromatic rings. The summed E-state index contributed by atoms with van der Waals surface area (Å²) in [5.74, 6) is -0.448. The molecule has 0 radical (unpaired) electrons. The van der Waals surface area contributed by atoms with Crippen LogP contribution < -0.4 is 9.80 Å². The van der Waals surface area contributed by atoms with E-state index in [9.17, 15) is 14.3 Å². The number of carbonyl (C=O) groups is 1. The number of piperidine rings is 1. The number of benzene rings is 1. The molecule has 0 saturated carbocycles. The first-order valence-electron chi connectivity index (χ1n) is 8.65. The Balaban J connectivity index is 1.47. The van der Waals surface area contributed by atoms with Crippen molar-refractivity contribution in [3.63, 3.8) is 0 Å². The maximum Gasteiger partial charge on any atom is 0.253 e. The Morgan fingerprint density at radius 1 is 1.08 bits per heavy atom. The van der Waals surface area contributed by atoms with E-state index in [1.54, 1.807) is 23.1 Å². The fourth-order valence-corrected chi connectivity index (χ4v) is 3.62. The molecule has 2 saturated heterocycles. The Bertz CT molecular complexity index is 787. The molecule has 2 fully saturated rings. The topological polar surface area (TPSA) is 65.9 Å². The molecular weight excluding hydrogens is 337 g/mol. The summed E-state index contributed by atoms with van der Waals surface area (Å²) in [7, 11) is 0. The summed E-state index contributed by atoms with van der Waals surface area (Å²) >= 11 is 0. The van der Waals surface area contributed by atoms with Crippen molar-refractivity contribution in [1.29, 1.82) is 0 Å². The van der Waals surface area contributed by atoms with E-state index in [0.717, 1.165) is 31.6 Å². The van der Waals surface area contributed by atoms with Gasteiger partial charge < -0.3 is 19.6 Å². The number of carbonyl (C=O) groups excluding carboxylic acids is 1. The number of halogens is 1. The number of aromatic hydroxyl groups is 1. The van der Waals surface area contributed by atoms with Crippen LogP contribution in [0.1, 0.15) is 12.8 Å². The third kappa shape index (κ3) is 3.22. The summed E-state index contributed by atoms with van der Waals surface area (Å²) in [4.78, 5) is 19.8. The van der Waals surface area contributed by atoms with Crippen LogP contribution in [0.25, 0.3) is 0 Å². The number of anilines is 2. The smallest absolute Gasteiger partial charge is 0.253 e. The number of hydrogen-bond donors (Lipinski definition) is 1. The van der Waals surface area contributed by atoms with Gasteiger partial charge in [0.15, 0.2) is 0 Å². The zero-order valence-electron chi connectivity index (χ0n) is 14.3. The lowest BCUT2D eigenvalue weighted by Gasteiger charge is -2.47. The Hall–Kier alpha value is -2.67. The van der Waals surface area contributed by atoms with Gasteiger partial charge in [0.2, 0.25) is 5.95 Å². The maximum absolute atomic E-state index is 13.1. The first kappa shape index (κ1) is 16.8. The molecule has 0 bridgehead atoms. The zero-order chi connectivity index (χ0) is 18.1. The van der Waals surface area contributed by atoms with Crippen molar-refractivity contribution in [3.8, 4) is 5.75 Å². The highest BCUT2D eigenvalue weighted by Gasteiger charge is 2.42. The lowest BCUT2D eigenvalue weighted by atomic mass is 9.88. The SMILES string of the molecule is O=C1COC2(CCN(c3ccc(O)cc3)CC2)CN1c1ccc(F)nc1. The van der Waals surface area contributed by atoms with Crippen LogP contribution >= 0.6 is 0 Å². The lowest BCUT2D eigenvalue weighted by molar-refractivity contribution is -0.141. The van der Waals surface area contributed by atoms with Gasteiger partial charge in [-0.25, -0.2) is 4.98 Å². The van der Waals surface area contributed by atoms with E-state index < -0.39 is 11.5 Å². The summed E-state index contributed by atoms with van der Waals surface area (Å²) in [6, 6.07) is 9.99. The number of phenols is 1. The molecule has 4 rings (SSSR count). The quantitative estimate of drug-likeness (QED) is 0.836. The van der Waals surface area contributed by atoms with Crippen LogP contribution in [0.15, 0.2) is 42.6 Å². The van der Waals surface area contributed by atoms with Crippen molar-refractivity contribution in [3.05, 3.63) is 48.5 Å². The predicted octanol–water partition coefficient (Wildman–Crippen LogP) is 2.33. The number of hydrogen-bond acceptors (Lipinski definition) is 5. The first-order chi connectivity index (χ1) is 12.5. The number of phenolic OH excluding ortho intramolecular Hbond substituents is 1. The van der Waals surface area contributed by atoms with Gasteiger partial charge in [0.1, 0.15) is 12.4 Å². The normalized spacial score (nSPS) is 19.8. The molecule has 0 unspecified atom stereocenters. The number of amides is 1. The van der Waals surface area contributed by atoms with Crippen molar-refractivity contribution >= 4 is 17.3 Å². The van der Waals surface area contributed by atoms with Gasteiger partial charge >= 0.3 is 0 Å². The highest BCUT2D eigenvalue weighted by atomic mass is 19.1. The highest BCUT2D eigenvalue weighted by Crippen LogP contribution is 2.34. The van der Waals surface area contributed by atoms with Crippen LogP contribution in [0.5, 0.6) is 5.75 Å². The van der Waals surface area contributed by atoms with Crippen LogP contribution in [0.3, 0.4) is 0 Å². The maximum atomic E-state index is 13.1. The van der Waals surface area contributed by atoms with E-state index in [2.05, 4.69) is 9.88 Å². The van der Waals surface area contributed by atoms with Crippen molar-refractivity contribution < 1.29 is 19.0 Å². The highest BCUT2D eigenvalue weighted by molar-refractivity contribution is 5.95. The number of ether oxygens (including phenoxy) is 1. The molecule has 6 nitrogen and oxygen atoms in total. The largest absolute Gasteiger partial charge is 0.508 e. The van der Waals surface area contributed by atoms with Crippen LogP contribution in [0.4, 0.5) is 15.8 Å². The van der Waals surface area contributed by atoms with Crippen LogP contribution in [0.2, 0.25) is 0 Å². The Labute approximate surface area is 150 Å². The average molecular weight is 357 g/mol. The fraction of sp³-hybridized carbons (Fsp3) is 0.368. The predicted molar refractivity (Wildman–Crippen MR) is 94.8 cm³/mol. The minimum absolute atomic E-state index is 0.0244. The molecule has 1 aromatic heterocycles. The first-order valence-corrected chi connectivity index (χ1v) is 8.65. The molecule has 2 aliphatic rings. The molecule has 2 aliphatic heterocycles. The third-order valence-corrected chi connectivity index (χ3v) is 5.16. The lowest BCUT2D eigenvalue weighted by Crippen LogP contribution is -2.59. The summed E-state index contributed by atoms with van der Waals surface area (Å²) in [6.45, 7) is 2.07. The number of aromatic nitrogens is 1. The van der Waals surface area contributed by atoms with E-state index in [1.165, 1.54) is 12.3 Å². The van der Waals surface area contributed by atoms with Crippen molar-refractivity contribution in [2.45, 2.75) is 18.4 Å². The Morgan fingerprint density at radius 2 is 1.77 bits per heavy atom. The Kier molecular flexibility index (Phi) is 4.24. The number of nitrogens with zero attached hydrogens (tertiary/aromatic N) is 3. The van der Waals surface area contributed by atoms with E-state index in [4.69, 9.17) is 4.74 Å². The van der Waals surface area contributed by atoms with E-state index >= 15 is 0 Å². The third-order valence-electron chi connectivity index (χ3n) is 5.16. The van der Waals surface area contributed by atoms with E-state index in [1.807, 2.05) is 12.1 Å². The number of morpholine rings is 1. The second kappa shape index (κ2) is 6.57. The van der Waals surface area contributed by atoms with Gasteiger partial charge in [0.05, 0.1) is 24.0 Å². The van der Waals surface area contributed by atoms with Gasteiger partial charge in [-0.05, 0) is 49.2 Å². The van der Waals surface area contributed by atoms with E-state index in [-0.39, 0.29) is 18.3 Å². The van der Waals surface area contributed by atoms with Crippen molar-refractivity contribution in [1.82, 2.24) is 4.98 Å². The molecule has 1 N–H and O–H groups in total. The summed E-state index contributed by atoms with van der Waals surface area (Å²) in [5, 5.41) is 9.43. The molecule has 26 heavy (non-hydrogen) atoms. The zero-order valence-corrected chi connectivity index (χ0v) is 14.3. The van der Waals surface area contributed by atoms with Crippen molar-refractivity contribution in [2.24, 2.45) is 0 Å². The monoisotopic (exact) mass is 357 g/mol. The molecule has 1 spiro atoms. The number of pyridine rings is 1. The van der Waals surface area contributed by atoms with Gasteiger partial charge in [0, 0.05) is 18.8 Å². The van der Waals surface area contributed by atoms with Crippen LogP contribution in [-0.2, 0) is 9.53 Å². The molecule has 1 amide bonds. The van der Waals surface area contributed by atoms with Gasteiger partial charge in [-0.15, -0.1) is 0 Å². The van der Waals surface area contributed by atoms with Gasteiger partial charge in [0.25, 0.3) is 5.91 Å². The van der Waals surface area contributed by atoms with Gasteiger partial charge in [-0.2, -0.15) is 4.39 Å². The Morgan fingerprint density at radius 3 is 2.42 bits per heavy atom. The molecule has 7 heteroatoms. The standard InChI is InChI=1S/C19H20FN3O3/c20-17-6-3-15(11-21-17)23-13-19(26-12-18(23)25)7-9-22(10-8-19)14-1-4-16(24)5-2-14/h1-6,11,24H,7-10,12-13H2. The molecular formula is C19H20FN3O3. The molecule has 1 aromatic carbocycles.